The molecular weight excluding hydrogens is 278 g/mol. The third kappa shape index (κ3) is 3.59. The number of aromatic nitrogens is 1. The van der Waals surface area contributed by atoms with E-state index in [-0.39, 0.29) is 17.6 Å². The molecule has 1 aromatic carbocycles. The van der Waals surface area contributed by atoms with Crippen LogP contribution in [-0.2, 0) is 0 Å². The molecule has 5 nitrogen and oxygen atoms in total. The van der Waals surface area contributed by atoms with Crippen LogP contribution in [0.3, 0.4) is 0 Å². The lowest BCUT2D eigenvalue weighted by Crippen LogP contribution is -2.14. The summed E-state index contributed by atoms with van der Waals surface area (Å²) in [6.07, 6.45) is 2.99. The van der Waals surface area contributed by atoms with Gasteiger partial charge < -0.3 is 15.5 Å². The quantitative estimate of drug-likeness (QED) is 0.885. The first-order valence-electron chi connectivity index (χ1n) is 6.38. The Kier molecular flexibility index (Phi) is 4.76. The Balaban J connectivity index is 2.06. The van der Waals surface area contributed by atoms with Crippen molar-refractivity contribution < 1.29 is 9.21 Å². The Labute approximate surface area is 122 Å². The Bertz CT molecular complexity index is 598. The van der Waals surface area contributed by atoms with Gasteiger partial charge in [-0.05, 0) is 24.6 Å². The molecule has 1 atom stereocenters. The summed E-state index contributed by atoms with van der Waals surface area (Å²) < 4.78 is 5.24. The summed E-state index contributed by atoms with van der Waals surface area (Å²) in [6.45, 7) is 2.02. The lowest BCUT2D eigenvalue weighted by atomic mass is 10.2. The van der Waals surface area contributed by atoms with Crippen molar-refractivity contribution in [2.75, 3.05) is 5.32 Å². The van der Waals surface area contributed by atoms with Gasteiger partial charge in [0.15, 0.2) is 5.69 Å². The zero-order chi connectivity index (χ0) is 14.5. The summed E-state index contributed by atoms with van der Waals surface area (Å²) in [6, 6.07) is 6.60. The Morgan fingerprint density at radius 3 is 3.05 bits per heavy atom. The second-order valence-electron chi connectivity index (χ2n) is 4.43. The molecular formula is C14H16ClN3O2. The van der Waals surface area contributed by atoms with Crippen molar-refractivity contribution in [3.63, 3.8) is 0 Å². The molecule has 0 aliphatic heterocycles. The third-order valence-corrected chi connectivity index (χ3v) is 2.99. The monoisotopic (exact) mass is 293 g/mol. The molecule has 0 fully saturated rings. The number of nitrogens with zero attached hydrogens (tertiary/aromatic N) is 1. The zero-order valence-electron chi connectivity index (χ0n) is 11.1. The minimum Gasteiger partial charge on any atom is -0.446 e. The second-order valence-corrected chi connectivity index (χ2v) is 4.87. The van der Waals surface area contributed by atoms with E-state index in [1.807, 2.05) is 6.92 Å². The van der Waals surface area contributed by atoms with Gasteiger partial charge in [-0.25, -0.2) is 4.98 Å². The highest BCUT2D eigenvalue weighted by atomic mass is 35.5. The molecule has 2 aromatic rings. The van der Waals surface area contributed by atoms with E-state index in [0.717, 1.165) is 12.8 Å². The number of carbonyl (C=O) groups excluding carboxylic acids is 1. The summed E-state index contributed by atoms with van der Waals surface area (Å²) in [4.78, 5) is 16.1. The van der Waals surface area contributed by atoms with Gasteiger partial charge in [-0.15, -0.1) is 0 Å². The number of hydrogen-bond acceptors (Lipinski definition) is 4. The maximum absolute atomic E-state index is 12.0. The Morgan fingerprint density at radius 1 is 1.55 bits per heavy atom. The van der Waals surface area contributed by atoms with Gasteiger partial charge in [0.2, 0.25) is 5.89 Å². The van der Waals surface area contributed by atoms with E-state index in [1.54, 1.807) is 24.3 Å². The fourth-order valence-corrected chi connectivity index (χ4v) is 1.95. The van der Waals surface area contributed by atoms with Crippen LogP contribution in [0.5, 0.6) is 0 Å². The molecule has 0 aliphatic rings. The zero-order valence-corrected chi connectivity index (χ0v) is 11.9. The van der Waals surface area contributed by atoms with Crippen LogP contribution in [0.25, 0.3) is 0 Å². The van der Waals surface area contributed by atoms with Gasteiger partial charge in [0, 0.05) is 10.7 Å². The van der Waals surface area contributed by atoms with Gasteiger partial charge in [-0.3, -0.25) is 4.79 Å². The van der Waals surface area contributed by atoms with Gasteiger partial charge in [0.25, 0.3) is 5.91 Å². The smallest absolute Gasteiger partial charge is 0.277 e. The molecule has 2 rings (SSSR count). The van der Waals surface area contributed by atoms with Gasteiger partial charge >= 0.3 is 0 Å². The molecule has 1 amide bonds. The van der Waals surface area contributed by atoms with E-state index < -0.39 is 0 Å². The summed E-state index contributed by atoms with van der Waals surface area (Å²) in [7, 11) is 0. The predicted octanol–water partition coefficient (Wildman–Crippen LogP) is 3.38. The van der Waals surface area contributed by atoms with E-state index in [0.29, 0.717) is 16.6 Å². The van der Waals surface area contributed by atoms with E-state index >= 15 is 0 Å². The van der Waals surface area contributed by atoms with Crippen LogP contribution in [0.1, 0.15) is 42.2 Å². The molecule has 6 heteroatoms. The lowest BCUT2D eigenvalue weighted by molar-refractivity contribution is 0.102. The van der Waals surface area contributed by atoms with Gasteiger partial charge in [0.05, 0.1) is 6.04 Å². The number of halogens is 1. The molecule has 1 unspecified atom stereocenters. The van der Waals surface area contributed by atoms with Crippen LogP contribution in [-0.4, -0.2) is 10.9 Å². The van der Waals surface area contributed by atoms with Gasteiger partial charge in [-0.2, -0.15) is 0 Å². The van der Waals surface area contributed by atoms with E-state index in [9.17, 15) is 4.79 Å². The maximum atomic E-state index is 12.0. The Morgan fingerprint density at radius 2 is 2.35 bits per heavy atom. The normalized spacial score (nSPS) is 12.2. The number of nitrogens with two attached hydrogens (primary N) is 1. The van der Waals surface area contributed by atoms with Crippen LogP contribution < -0.4 is 11.1 Å². The first-order valence-corrected chi connectivity index (χ1v) is 6.76. The topological polar surface area (TPSA) is 81.1 Å². The highest BCUT2D eigenvalue weighted by molar-refractivity contribution is 6.30. The Hall–Kier alpha value is -1.85. The second kappa shape index (κ2) is 6.54. The number of nitrogens with one attached hydrogen (secondary N) is 1. The number of benzene rings is 1. The largest absolute Gasteiger partial charge is 0.446 e. The average molecular weight is 294 g/mol. The molecule has 1 aromatic heterocycles. The van der Waals surface area contributed by atoms with E-state index in [4.69, 9.17) is 21.8 Å². The number of amides is 1. The van der Waals surface area contributed by atoms with Crippen molar-refractivity contribution in [2.45, 2.75) is 25.8 Å². The first-order chi connectivity index (χ1) is 9.60. The van der Waals surface area contributed by atoms with Crippen LogP contribution >= 0.6 is 11.6 Å². The number of rotatable bonds is 5. The van der Waals surface area contributed by atoms with Crippen molar-refractivity contribution in [1.82, 2.24) is 4.98 Å². The number of hydrogen-bond donors (Lipinski definition) is 2. The molecule has 106 valence electrons. The number of carbonyl (C=O) groups is 1. The van der Waals surface area contributed by atoms with Crippen LogP contribution in [0.4, 0.5) is 5.69 Å². The molecule has 0 radical (unpaired) electrons. The summed E-state index contributed by atoms with van der Waals surface area (Å²) >= 11 is 5.85. The SMILES string of the molecule is CCCC(N)c1nc(C(=O)Nc2cccc(Cl)c2)co1. The summed E-state index contributed by atoms with van der Waals surface area (Å²) in [5, 5.41) is 3.25. The van der Waals surface area contributed by atoms with Crippen molar-refractivity contribution >= 4 is 23.2 Å². The number of oxazole rings is 1. The molecule has 3 N–H and O–H groups in total. The average Bonchev–Trinajstić information content (AvgIpc) is 2.88. The molecule has 0 saturated carbocycles. The van der Waals surface area contributed by atoms with Gasteiger partial charge in [0.1, 0.15) is 6.26 Å². The predicted molar refractivity (Wildman–Crippen MR) is 77.7 cm³/mol. The van der Waals surface area contributed by atoms with Crippen molar-refractivity contribution in [3.8, 4) is 0 Å². The lowest BCUT2D eigenvalue weighted by Gasteiger charge is -2.04. The summed E-state index contributed by atoms with van der Waals surface area (Å²) in [5.74, 6) is 0.0223. The van der Waals surface area contributed by atoms with E-state index in [1.165, 1.54) is 6.26 Å². The standard InChI is InChI=1S/C14H16ClN3O2/c1-2-4-11(16)14-18-12(8-20-14)13(19)17-10-6-3-5-9(15)7-10/h3,5-8,11H,2,4,16H2,1H3,(H,17,19). The maximum Gasteiger partial charge on any atom is 0.277 e. The fourth-order valence-electron chi connectivity index (χ4n) is 1.76. The minimum absolute atomic E-state index is 0.200. The van der Waals surface area contributed by atoms with Gasteiger partial charge in [-0.1, -0.05) is 31.0 Å². The minimum atomic E-state index is -0.356. The first kappa shape index (κ1) is 14.6. The third-order valence-electron chi connectivity index (χ3n) is 2.75. The fraction of sp³-hybridized carbons (Fsp3) is 0.286. The van der Waals surface area contributed by atoms with Crippen molar-refractivity contribution in [1.29, 1.82) is 0 Å². The van der Waals surface area contributed by atoms with E-state index in [2.05, 4.69) is 10.3 Å². The number of anilines is 1. The van der Waals surface area contributed by atoms with Crippen molar-refractivity contribution in [3.05, 3.63) is 47.1 Å². The molecule has 0 saturated heterocycles. The summed E-state index contributed by atoms with van der Waals surface area (Å²) in [5.41, 5.74) is 6.69. The van der Waals surface area contributed by atoms with Crippen molar-refractivity contribution in [2.24, 2.45) is 5.73 Å². The molecule has 0 aliphatic carbocycles. The molecule has 0 spiro atoms. The molecule has 0 bridgehead atoms. The molecule has 20 heavy (non-hydrogen) atoms. The van der Waals surface area contributed by atoms with Crippen LogP contribution in [0, 0.1) is 0 Å². The van der Waals surface area contributed by atoms with Crippen LogP contribution in [0.15, 0.2) is 34.9 Å². The molecule has 1 heterocycles. The highest BCUT2D eigenvalue weighted by Crippen LogP contribution is 2.18. The van der Waals surface area contributed by atoms with Crippen LogP contribution in [0.2, 0.25) is 5.02 Å². The highest BCUT2D eigenvalue weighted by Gasteiger charge is 2.16.